The number of hydrogen-bond acceptors (Lipinski definition) is 6. The monoisotopic (exact) mass is 308 g/mol. The molecule has 0 aromatic carbocycles. The lowest BCUT2D eigenvalue weighted by atomic mass is 10.3. The second kappa shape index (κ2) is 10.7. The summed E-state index contributed by atoms with van der Waals surface area (Å²) in [6.07, 6.45) is 1.90. The molecule has 0 radical (unpaired) electrons. The van der Waals surface area contributed by atoms with E-state index >= 15 is 0 Å². The average Bonchev–Trinajstić information content (AvgIpc) is 3.26. The maximum Gasteiger partial charge on any atom is 0.325 e. The minimum atomic E-state index is -1.77. The Morgan fingerprint density at radius 1 is 1.10 bits per heavy atom. The average molecular weight is 308 g/mol. The highest BCUT2D eigenvalue weighted by Crippen LogP contribution is 2.12. The maximum atomic E-state index is 5.78. The molecule has 3 unspecified atom stereocenters. The number of hydrogen-bond donors (Lipinski definition) is 0. The molecule has 1 aliphatic rings. The van der Waals surface area contributed by atoms with Crippen molar-refractivity contribution in [1.82, 2.24) is 0 Å². The Morgan fingerprint density at radius 2 is 1.70 bits per heavy atom. The van der Waals surface area contributed by atoms with Gasteiger partial charge in [-0.2, -0.15) is 0 Å². The Kier molecular flexibility index (Phi) is 9.62. The third-order valence-corrected chi connectivity index (χ3v) is 5.29. The molecule has 1 saturated heterocycles. The normalized spacial score (nSPS) is 22.5. The van der Waals surface area contributed by atoms with E-state index in [4.69, 9.17) is 27.8 Å². The molecule has 6 nitrogen and oxygen atoms in total. The number of methoxy groups -OCH3 is 2. The molecule has 1 heterocycles. The third-order valence-electron chi connectivity index (χ3n) is 3.04. The van der Waals surface area contributed by atoms with E-state index in [1.165, 1.54) is 0 Å². The van der Waals surface area contributed by atoms with Gasteiger partial charge in [0.05, 0.1) is 13.2 Å². The van der Waals surface area contributed by atoms with Crippen molar-refractivity contribution < 1.29 is 27.8 Å². The first-order valence-corrected chi connectivity index (χ1v) is 8.97. The van der Waals surface area contributed by atoms with E-state index in [1.54, 1.807) is 14.2 Å². The summed E-state index contributed by atoms with van der Waals surface area (Å²) in [5, 5.41) is 0. The Labute approximate surface area is 123 Å². The van der Waals surface area contributed by atoms with Crippen LogP contribution in [0.3, 0.4) is 0 Å². The maximum absolute atomic E-state index is 5.78. The summed E-state index contributed by atoms with van der Waals surface area (Å²) in [5.41, 5.74) is 0. The lowest BCUT2D eigenvalue weighted by Gasteiger charge is -2.23. The molecule has 0 N–H and O–H groups in total. The third kappa shape index (κ3) is 9.01. The van der Waals surface area contributed by atoms with Crippen molar-refractivity contribution in [2.45, 2.75) is 51.4 Å². The molecule has 1 rings (SSSR count). The Balaban J connectivity index is 2.09. The van der Waals surface area contributed by atoms with Crippen LogP contribution in [0.25, 0.3) is 0 Å². The summed E-state index contributed by atoms with van der Waals surface area (Å²) in [6.45, 7) is 6.08. The van der Waals surface area contributed by atoms with Crippen LogP contribution in [0.5, 0.6) is 0 Å². The van der Waals surface area contributed by atoms with Gasteiger partial charge in [0, 0.05) is 20.8 Å². The smallest absolute Gasteiger partial charge is 0.325 e. The molecule has 0 aromatic heterocycles. The Morgan fingerprint density at radius 3 is 2.20 bits per heavy atom. The molecule has 0 aliphatic carbocycles. The second-order valence-corrected chi connectivity index (χ2v) is 6.82. The van der Waals surface area contributed by atoms with Crippen molar-refractivity contribution in [3.63, 3.8) is 0 Å². The van der Waals surface area contributed by atoms with E-state index in [2.05, 4.69) is 0 Å². The SMILES string of the molecule is COC(C)O[SiH](CCCCOCC1CO1)OC(C)OC. The molecule has 1 aliphatic heterocycles. The van der Waals surface area contributed by atoms with Gasteiger partial charge in [0.25, 0.3) is 0 Å². The second-order valence-electron chi connectivity index (χ2n) is 4.83. The lowest BCUT2D eigenvalue weighted by molar-refractivity contribution is -0.0933. The van der Waals surface area contributed by atoms with Crippen LogP contribution in [-0.4, -0.2) is 62.0 Å². The van der Waals surface area contributed by atoms with Crippen LogP contribution in [0.15, 0.2) is 0 Å². The van der Waals surface area contributed by atoms with Crippen LogP contribution in [0.1, 0.15) is 26.7 Å². The van der Waals surface area contributed by atoms with E-state index in [9.17, 15) is 0 Å². The quantitative estimate of drug-likeness (QED) is 0.222. The van der Waals surface area contributed by atoms with Crippen molar-refractivity contribution in [2.75, 3.05) is 34.0 Å². The van der Waals surface area contributed by atoms with Crippen molar-refractivity contribution in [3.8, 4) is 0 Å². The van der Waals surface area contributed by atoms with E-state index in [1.807, 2.05) is 13.8 Å². The van der Waals surface area contributed by atoms with Crippen LogP contribution >= 0.6 is 0 Å². The molecule has 0 bridgehead atoms. The zero-order valence-electron chi connectivity index (χ0n) is 13.0. The number of unbranched alkanes of at least 4 members (excludes halogenated alkanes) is 1. The van der Waals surface area contributed by atoms with Crippen molar-refractivity contribution in [2.24, 2.45) is 0 Å². The fraction of sp³-hybridized carbons (Fsp3) is 1.00. The van der Waals surface area contributed by atoms with E-state index in [0.717, 1.165) is 38.7 Å². The van der Waals surface area contributed by atoms with Crippen molar-refractivity contribution in [3.05, 3.63) is 0 Å². The van der Waals surface area contributed by atoms with Crippen LogP contribution in [0, 0.1) is 0 Å². The van der Waals surface area contributed by atoms with Gasteiger partial charge < -0.3 is 27.8 Å². The Hall–Kier alpha value is -0.0231. The standard InChI is InChI=1S/C13H28O6Si/c1-11(14-3)18-20(19-12(2)15-4)8-6-5-7-16-9-13-10-17-13/h11-13,20H,5-10H2,1-4H3. The van der Waals surface area contributed by atoms with Gasteiger partial charge in [-0.05, 0) is 32.7 Å². The summed E-state index contributed by atoms with van der Waals surface area (Å²) in [4.78, 5) is 0. The largest absolute Gasteiger partial charge is 0.379 e. The molecule has 0 saturated carbocycles. The van der Waals surface area contributed by atoms with Crippen LogP contribution < -0.4 is 0 Å². The molecule has 1 fully saturated rings. The van der Waals surface area contributed by atoms with Crippen LogP contribution in [0.2, 0.25) is 6.04 Å². The minimum Gasteiger partial charge on any atom is -0.379 e. The molecule has 7 heteroatoms. The van der Waals surface area contributed by atoms with Gasteiger partial charge in [-0.15, -0.1) is 0 Å². The van der Waals surface area contributed by atoms with Gasteiger partial charge in [0.1, 0.15) is 18.7 Å². The fourth-order valence-electron chi connectivity index (χ4n) is 1.60. The van der Waals surface area contributed by atoms with Crippen molar-refractivity contribution >= 4 is 9.28 Å². The summed E-state index contributed by atoms with van der Waals surface area (Å²) in [7, 11) is 1.48. The molecule has 0 spiro atoms. The Bertz CT molecular complexity index is 227. The molecule has 0 aromatic rings. The first-order chi connectivity index (χ1) is 9.65. The van der Waals surface area contributed by atoms with E-state index < -0.39 is 9.28 Å². The fourth-order valence-corrected chi connectivity index (χ4v) is 3.64. The zero-order valence-corrected chi connectivity index (χ0v) is 14.2. The lowest BCUT2D eigenvalue weighted by Crippen LogP contribution is -2.32. The van der Waals surface area contributed by atoms with Gasteiger partial charge >= 0.3 is 9.28 Å². The number of rotatable bonds is 13. The predicted molar refractivity (Wildman–Crippen MR) is 76.9 cm³/mol. The highest BCUT2D eigenvalue weighted by Gasteiger charge is 2.22. The van der Waals surface area contributed by atoms with Gasteiger partial charge in [-0.3, -0.25) is 0 Å². The highest BCUT2D eigenvalue weighted by atomic mass is 28.3. The summed E-state index contributed by atoms with van der Waals surface area (Å²) in [5.74, 6) is 0. The van der Waals surface area contributed by atoms with E-state index in [-0.39, 0.29) is 12.6 Å². The number of epoxide rings is 1. The predicted octanol–water partition coefficient (Wildman–Crippen LogP) is 1.42. The number of ether oxygens (including phenoxy) is 4. The van der Waals surface area contributed by atoms with Gasteiger partial charge in [-0.1, -0.05) is 0 Å². The van der Waals surface area contributed by atoms with Gasteiger partial charge in [-0.25, -0.2) is 0 Å². The highest BCUT2D eigenvalue weighted by molar-refractivity contribution is 6.44. The first kappa shape index (κ1) is 18.0. The van der Waals surface area contributed by atoms with Crippen LogP contribution in [-0.2, 0) is 27.8 Å². The summed E-state index contributed by atoms with van der Waals surface area (Å²) >= 11 is 0. The zero-order chi connectivity index (χ0) is 14.8. The van der Waals surface area contributed by atoms with Gasteiger partial charge in [0.2, 0.25) is 0 Å². The minimum absolute atomic E-state index is 0.237. The summed E-state index contributed by atoms with van der Waals surface area (Å²) < 4.78 is 32.4. The molecule has 3 atom stereocenters. The van der Waals surface area contributed by atoms with E-state index in [0.29, 0.717) is 6.10 Å². The molecular formula is C13H28O6Si. The van der Waals surface area contributed by atoms with Gasteiger partial charge in [0.15, 0.2) is 0 Å². The van der Waals surface area contributed by atoms with Crippen LogP contribution in [0.4, 0.5) is 0 Å². The molecule has 120 valence electrons. The molecule has 0 amide bonds. The molecular weight excluding hydrogens is 280 g/mol. The topological polar surface area (TPSA) is 58.7 Å². The molecule has 20 heavy (non-hydrogen) atoms. The first-order valence-electron chi connectivity index (χ1n) is 7.21. The van der Waals surface area contributed by atoms with Crippen molar-refractivity contribution in [1.29, 1.82) is 0 Å². The summed E-state index contributed by atoms with van der Waals surface area (Å²) in [6, 6.07) is 0.921.